The van der Waals surface area contributed by atoms with Crippen LogP contribution in [-0.2, 0) is 0 Å². The van der Waals surface area contributed by atoms with Gasteiger partial charge in [0.05, 0.1) is 0 Å². The second-order valence-electron chi connectivity index (χ2n) is 40.9. The molecule has 14 saturated carbocycles. The van der Waals surface area contributed by atoms with Gasteiger partial charge in [0.15, 0.2) is 13.4 Å². The molecular weight excluding hydrogens is 1120 g/mol. The Hall–Kier alpha value is 0.320. The van der Waals surface area contributed by atoms with Crippen molar-refractivity contribution in [1.82, 2.24) is 19.6 Å². The Morgan fingerprint density at radius 2 is 0.714 bits per heavy atom. The monoisotopic (exact) mass is 1260 g/mol. The SMILES string of the molecule is CC(C)(C)C1CC2CC[C@@H]3CC([C@H]4CC[C@H]5B6[C@H]7C(CC(N(C8CCCCC8)C8CCCCC8)CC7N(C7CCCCC7)C5C4)SC4CC5[C@@H](C[C@H]64)B4C6CCCC[C@H]6N(C6CCCCC6)[C@H]6C[C@@H](C(C)(C)C)C[C@H](C46)N5C4CCCCC4)C[C@@H]4CCC(C1)C2C34. The Balaban J connectivity index is 0.725. The highest BCUT2D eigenvalue weighted by Gasteiger charge is 2.71. The molecule has 0 amide bonds. The first kappa shape index (κ1) is 63.5. The second-order valence-corrected chi connectivity index (χ2v) is 42.4. The smallest absolute Gasteiger partial charge is 0.156 e. The van der Waals surface area contributed by atoms with Gasteiger partial charge in [-0.15, -0.1) is 0 Å². The summed E-state index contributed by atoms with van der Waals surface area (Å²) in [5, 5.41) is 1.81. The first-order chi connectivity index (χ1) is 44.4. The fraction of sp³-hybridized carbons (Fsp3) is 1.00. The Bertz CT molecular complexity index is 2420. The fourth-order valence-electron chi connectivity index (χ4n) is 32.1. The number of nitrogens with zero attached hydrogens (tertiary/aromatic N) is 4. The first-order valence-corrected chi connectivity index (χ1v) is 44.1. The van der Waals surface area contributed by atoms with Gasteiger partial charge in [0.1, 0.15) is 0 Å². The number of hydrogen-bond acceptors (Lipinski definition) is 5. The van der Waals surface area contributed by atoms with Crippen molar-refractivity contribution in [1.29, 1.82) is 0 Å². The van der Waals surface area contributed by atoms with Crippen molar-refractivity contribution < 1.29 is 0 Å². The van der Waals surface area contributed by atoms with Crippen molar-refractivity contribution in [3.8, 4) is 0 Å². The topological polar surface area (TPSA) is 13.0 Å². The third-order valence-electron chi connectivity index (χ3n) is 35.4. The van der Waals surface area contributed by atoms with Gasteiger partial charge in [0.25, 0.3) is 0 Å². The highest BCUT2D eigenvalue weighted by Crippen LogP contribution is 2.72. The predicted molar refractivity (Wildman–Crippen MR) is 388 cm³/mol. The second kappa shape index (κ2) is 25.7. The van der Waals surface area contributed by atoms with E-state index in [9.17, 15) is 0 Å². The lowest BCUT2D eigenvalue weighted by Crippen LogP contribution is -2.76. The maximum atomic E-state index is 3.69. The van der Waals surface area contributed by atoms with Crippen LogP contribution in [0.15, 0.2) is 0 Å². The molecular formula is C84H140B2N4S. The molecule has 25 atom stereocenters. The molecule has 14 unspecified atom stereocenters. The molecule has 18 aliphatic rings. The van der Waals surface area contributed by atoms with Crippen LogP contribution in [-0.4, -0.2) is 116 Å². The van der Waals surface area contributed by atoms with Crippen molar-refractivity contribution >= 4 is 25.2 Å². The molecule has 4 saturated heterocycles. The summed E-state index contributed by atoms with van der Waals surface area (Å²) in [4.78, 5) is 14.4. The molecule has 7 heteroatoms. The normalized spacial score (nSPS) is 49.2. The Morgan fingerprint density at radius 1 is 0.286 bits per heavy atom. The standard InChI is InChI=1S/C84H140B2N4S/c1-83(2,3)59-44-56-38-36-54-42-58(43-55-37-39-57(45-59)80(56)79(54)55)53-40-41-68-72(46-53)89(64-30-18-10-19-31-64)76-49-66(87(61-24-12-7-13-25-61)62-26-14-8-15-27-62)50-78-82(76)86(68)70-51-69-73(52-77(70)91-78)90(65-32-20-11-21-33-65)75-48-60(84(4,5)6)47-74-81(75)85(69)67-34-22-23-35-71(67)88(74)63-28-16-9-17-29-63/h53-82H,7-52H2,1-6H3/t53-,54-,55+,56?,57?,58?,59?,60+,66?,67?,68+,69+,70-,71+,72?,73?,74-,75+,76?,77?,78?,79?,80?,81?,82+/m0/s1. The molecule has 4 aliphatic heterocycles. The Kier molecular flexibility index (Phi) is 18.0. The van der Waals surface area contributed by atoms with E-state index in [0.29, 0.717) is 10.8 Å². The molecule has 91 heavy (non-hydrogen) atoms. The summed E-state index contributed by atoms with van der Waals surface area (Å²) in [5.74, 6) is 16.2. The molecule has 0 aromatic heterocycles. The van der Waals surface area contributed by atoms with Gasteiger partial charge in [-0.05, 0) is 265 Å². The third-order valence-corrected chi connectivity index (χ3v) is 37.1. The van der Waals surface area contributed by atoms with E-state index in [0.717, 1.165) is 191 Å². The predicted octanol–water partition coefficient (Wildman–Crippen LogP) is 21.7. The van der Waals surface area contributed by atoms with Crippen LogP contribution in [0.2, 0.25) is 34.9 Å². The van der Waals surface area contributed by atoms with E-state index in [1.54, 1.807) is 128 Å². The van der Waals surface area contributed by atoms with Crippen molar-refractivity contribution in [3.05, 3.63) is 0 Å². The maximum absolute atomic E-state index is 3.69. The zero-order valence-corrected chi connectivity index (χ0v) is 61.0. The van der Waals surface area contributed by atoms with Gasteiger partial charge >= 0.3 is 0 Å². The molecule has 14 aliphatic carbocycles. The molecule has 0 radical (unpaired) electrons. The van der Waals surface area contributed by atoms with E-state index in [-0.39, 0.29) is 0 Å². The van der Waals surface area contributed by atoms with Gasteiger partial charge in [-0.1, -0.05) is 176 Å². The van der Waals surface area contributed by atoms with Gasteiger partial charge in [0.2, 0.25) is 0 Å². The van der Waals surface area contributed by atoms with Crippen LogP contribution in [0, 0.1) is 70.0 Å². The van der Waals surface area contributed by atoms with E-state index >= 15 is 0 Å². The number of thioether (sulfide) groups is 1. The summed E-state index contributed by atoms with van der Waals surface area (Å²) in [7, 11) is 0. The summed E-state index contributed by atoms with van der Waals surface area (Å²) in [5.41, 5.74) is 0.890. The van der Waals surface area contributed by atoms with Gasteiger partial charge in [-0.25, -0.2) is 0 Å². The first-order valence-electron chi connectivity index (χ1n) is 43.1. The van der Waals surface area contributed by atoms with Gasteiger partial charge in [-0.2, -0.15) is 11.8 Å². The minimum atomic E-state index is 0.395. The van der Waals surface area contributed by atoms with Crippen LogP contribution >= 0.6 is 11.8 Å². The zero-order chi connectivity index (χ0) is 61.0. The summed E-state index contributed by atoms with van der Waals surface area (Å²) in [6.07, 6.45) is 71.6. The van der Waals surface area contributed by atoms with Gasteiger partial charge < -0.3 is 0 Å². The summed E-state index contributed by atoms with van der Waals surface area (Å²) >= 11 is 2.82. The van der Waals surface area contributed by atoms with Crippen molar-refractivity contribution in [2.45, 2.75) is 455 Å². The average molecular weight is 1260 g/mol. The molecule has 4 heterocycles. The van der Waals surface area contributed by atoms with Crippen LogP contribution in [0.3, 0.4) is 0 Å². The third kappa shape index (κ3) is 11.2. The summed E-state index contributed by atoms with van der Waals surface area (Å²) < 4.78 is 0. The van der Waals surface area contributed by atoms with Crippen LogP contribution in [0.1, 0.15) is 337 Å². The average Bonchev–Trinajstić information content (AvgIpc) is 0.697. The lowest BCUT2D eigenvalue weighted by Gasteiger charge is -2.72. The lowest BCUT2D eigenvalue weighted by molar-refractivity contribution is -0.118. The van der Waals surface area contributed by atoms with E-state index in [2.05, 4.69) is 72.9 Å². The van der Waals surface area contributed by atoms with E-state index in [1.807, 2.05) is 0 Å². The van der Waals surface area contributed by atoms with Crippen LogP contribution < -0.4 is 0 Å². The molecule has 0 N–H and O–H groups in total. The molecule has 0 spiro atoms. The number of rotatable bonds is 7. The molecule has 4 nitrogen and oxygen atoms in total. The van der Waals surface area contributed by atoms with Crippen molar-refractivity contribution in [2.24, 2.45) is 70.0 Å². The highest BCUT2D eigenvalue weighted by molar-refractivity contribution is 8.00. The van der Waals surface area contributed by atoms with Gasteiger partial charge in [0, 0.05) is 83.0 Å². The highest BCUT2D eigenvalue weighted by atomic mass is 32.2. The summed E-state index contributed by atoms with van der Waals surface area (Å²) in [6.45, 7) is 18.0. The molecule has 18 rings (SSSR count). The summed E-state index contributed by atoms with van der Waals surface area (Å²) in [6, 6.07) is 10.4. The molecule has 18 fully saturated rings. The lowest BCUT2D eigenvalue weighted by atomic mass is 9.15. The van der Waals surface area contributed by atoms with Crippen molar-refractivity contribution in [2.75, 3.05) is 0 Å². The fourth-order valence-corrected chi connectivity index (χ4v) is 34.3. The largest absolute Gasteiger partial charge is 0.295 e. The zero-order valence-electron chi connectivity index (χ0n) is 60.2. The molecule has 0 aromatic carbocycles. The minimum Gasteiger partial charge on any atom is -0.295 e. The molecule has 0 aromatic rings. The van der Waals surface area contributed by atoms with Crippen LogP contribution in [0.25, 0.3) is 0 Å². The van der Waals surface area contributed by atoms with Crippen LogP contribution in [0.4, 0.5) is 0 Å². The number of hydrogen-bond donors (Lipinski definition) is 0. The quantitative estimate of drug-likeness (QED) is 0.235. The van der Waals surface area contributed by atoms with Gasteiger partial charge in [-0.3, -0.25) is 19.6 Å². The minimum absolute atomic E-state index is 0.395. The molecule has 0 bridgehead atoms. The Morgan fingerprint density at radius 3 is 1.25 bits per heavy atom. The van der Waals surface area contributed by atoms with Crippen LogP contribution in [0.5, 0.6) is 0 Å². The van der Waals surface area contributed by atoms with E-state index < -0.39 is 0 Å². The number of fused-ring (bicyclic) bond motifs is 8. The van der Waals surface area contributed by atoms with Crippen molar-refractivity contribution in [3.63, 3.8) is 0 Å². The molecule has 508 valence electrons. The van der Waals surface area contributed by atoms with E-state index in [4.69, 9.17) is 0 Å². The maximum Gasteiger partial charge on any atom is 0.156 e. The Labute approximate surface area is 566 Å². The van der Waals surface area contributed by atoms with E-state index in [1.165, 1.54) is 167 Å².